The Morgan fingerprint density at radius 2 is 1.70 bits per heavy atom. The second-order valence-corrected chi connectivity index (χ2v) is 7.97. The maximum absolute atomic E-state index is 12.8. The number of rotatable bonds is 8. The lowest BCUT2D eigenvalue weighted by Gasteiger charge is -2.20. The van der Waals surface area contributed by atoms with Crippen LogP contribution in [0.1, 0.15) is 39.6 Å². The summed E-state index contributed by atoms with van der Waals surface area (Å²) in [7, 11) is -1.91. The molecule has 2 aromatic carbocycles. The van der Waals surface area contributed by atoms with Crippen LogP contribution in [0.5, 0.6) is 0 Å². The standard InChI is InChI=1S/C19H22N2O5S/c1-3-12-27(25,26)20-17-7-5-4-6-16(17)18(22)21(2)13-14-8-10-15(11-9-14)19(23)24/h4-11,20H,3,12-13H2,1-2H3,(H,23,24). The van der Waals surface area contributed by atoms with Crippen LogP contribution in [0.25, 0.3) is 0 Å². The van der Waals surface area contributed by atoms with Crippen molar-refractivity contribution in [3.8, 4) is 0 Å². The average molecular weight is 390 g/mol. The number of carboxylic acid groups (broad SMARTS) is 1. The fourth-order valence-electron chi connectivity index (χ4n) is 2.55. The molecule has 0 saturated heterocycles. The lowest BCUT2D eigenvalue weighted by molar-refractivity contribution is 0.0695. The smallest absolute Gasteiger partial charge is 0.335 e. The molecule has 1 amide bonds. The van der Waals surface area contributed by atoms with Crippen LogP contribution in [0.15, 0.2) is 48.5 Å². The molecule has 2 aromatic rings. The normalized spacial score (nSPS) is 11.0. The first-order valence-corrected chi connectivity index (χ1v) is 10.1. The molecular weight excluding hydrogens is 368 g/mol. The molecule has 2 N–H and O–H groups in total. The topological polar surface area (TPSA) is 104 Å². The summed E-state index contributed by atoms with van der Waals surface area (Å²) < 4.78 is 26.5. The molecule has 0 fully saturated rings. The van der Waals surface area contributed by atoms with Crippen molar-refractivity contribution in [3.05, 3.63) is 65.2 Å². The minimum absolute atomic E-state index is 0.0265. The van der Waals surface area contributed by atoms with Crippen molar-refractivity contribution < 1.29 is 23.1 Å². The Balaban J connectivity index is 2.18. The number of anilines is 1. The van der Waals surface area contributed by atoms with E-state index in [-0.39, 0.29) is 35.0 Å². The van der Waals surface area contributed by atoms with Crippen molar-refractivity contribution in [1.82, 2.24) is 4.90 Å². The Kier molecular flexibility index (Phi) is 6.57. The van der Waals surface area contributed by atoms with Gasteiger partial charge in [-0.2, -0.15) is 0 Å². The van der Waals surface area contributed by atoms with Crippen molar-refractivity contribution >= 4 is 27.6 Å². The van der Waals surface area contributed by atoms with Gasteiger partial charge in [0, 0.05) is 13.6 Å². The maximum Gasteiger partial charge on any atom is 0.335 e. The van der Waals surface area contributed by atoms with E-state index in [1.54, 1.807) is 50.4 Å². The lowest BCUT2D eigenvalue weighted by atomic mass is 10.1. The molecule has 0 saturated carbocycles. The van der Waals surface area contributed by atoms with Crippen LogP contribution in [-0.2, 0) is 16.6 Å². The molecule has 8 heteroatoms. The SMILES string of the molecule is CCCS(=O)(=O)Nc1ccccc1C(=O)N(C)Cc1ccc(C(=O)O)cc1. The molecule has 0 spiro atoms. The van der Waals surface area contributed by atoms with Crippen LogP contribution in [0.2, 0.25) is 0 Å². The van der Waals surface area contributed by atoms with Gasteiger partial charge in [0.2, 0.25) is 10.0 Å². The molecule has 0 aromatic heterocycles. The molecule has 0 atom stereocenters. The third-order valence-electron chi connectivity index (χ3n) is 3.86. The zero-order valence-corrected chi connectivity index (χ0v) is 16.0. The number of sulfonamides is 1. The van der Waals surface area contributed by atoms with E-state index in [4.69, 9.17) is 5.11 Å². The first-order chi connectivity index (χ1) is 12.7. The molecule has 0 aliphatic rings. The summed E-state index contributed by atoms with van der Waals surface area (Å²) in [6.07, 6.45) is 0.470. The molecule has 27 heavy (non-hydrogen) atoms. The van der Waals surface area contributed by atoms with Gasteiger partial charge in [-0.3, -0.25) is 9.52 Å². The summed E-state index contributed by atoms with van der Waals surface area (Å²) in [5, 5.41) is 8.94. The van der Waals surface area contributed by atoms with E-state index >= 15 is 0 Å². The van der Waals surface area contributed by atoms with E-state index in [2.05, 4.69) is 4.72 Å². The Morgan fingerprint density at radius 1 is 1.07 bits per heavy atom. The van der Waals surface area contributed by atoms with Gasteiger partial charge < -0.3 is 10.0 Å². The average Bonchev–Trinajstić information content (AvgIpc) is 2.61. The van der Waals surface area contributed by atoms with Gasteiger partial charge in [0.1, 0.15) is 0 Å². The molecule has 0 aliphatic heterocycles. The van der Waals surface area contributed by atoms with E-state index < -0.39 is 16.0 Å². The number of carbonyl (C=O) groups is 2. The first kappa shape index (κ1) is 20.4. The molecule has 7 nitrogen and oxygen atoms in total. The van der Waals surface area contributed by atoms with Crippen LogP contribution in [0.4, 0.5) is 5.69 Å². The summed E-state index contributed by atoms with van der Waals surface area (Å²) in [6.45, 7) is 2.02. The fraction of sp³-hybridized carbons (Fsp3) is 0.263. The van der Waals surface area contributed by atoms with Gasteiger partial charge in [0.15, 0.2) is 0 Å². The fourth-order valence-corrected chi connectivity index (χ4v) is 3.70. The highest BCUT2D eigenvalue weighted by Gasteiger charge is 2.19. The van der Waals surface area contributed by atoms with Crippen molar-refractivity contribution in [2.45, 2.75) is 19.9 Å². The van der Waals surface area contributed by atoms with Gasteiger partial charge in [0.25, 0.3) is 5.91 Å². The van der Waals surface area contributed by atoms with Gasteiger partial charge in [-0.05, 0) is 36.2 Å². The highest BCUT2D eigenvalue weighted by atomic mass is 32.2. The molecular formula is C19H22N2O5S. The van der Waals surface area contributed by atoms with Crippen LogP contribution < -0.4 is 4.72 Å². The van der Waals surface area contributed by atoms with Crippen molar-refractivity contribution in [2.24, 2.45) is 0 Å². The van der Waals surface area contributed by atoms with E-state index in [1.165, 1.54) is 17.0 Å². The summed E-state index contributed by atoms with van der Waals surface area (Å²) >= 11 is 0. The zero-order chi connectivity index (χ0) is 20.0. The van der Waals surface area contributed by atoms with Gasteiger partial charge in [-0.15, -0.1) is 0 Å². The highest BCUT2D eigenvalue weighted by molar-refractivity contribution is 7.92. The lowest BCUT2D eigenvalue weighted by Crippen LogP contribution is -2.28. The summed E-state index contributed by atoms with van der Waals surface area (Å²) in [5.41, 5.74) is 1.43. The highest BCUT2D eigenvalue weighted by Crippen LogP contribution is 2.19. The van der Waals surface area contributed by atoms with Crippen molar-refractivity contribution in [1.29, 1.82) is 0 Å². The second-order valence-electron chi connectivity index (χ2n) is 6.13. The monoisotopic (exact) mass is 390 g/mol. The van der Waals surface area contributed by atoms with Crippen molar-refractivity contribution in [3.63, 3.8) is 0 Å². The Morgan fingerprint density at radius 3 is 2.30 bits per heavy atom. The van der Waals surface area contributed by atoms with Crippen molar-refractivity contribution in [2.75, 3.05) is 17.5 Å². The number of carboxylic acids is 1. The molecule has 0 bridgehead atoms. The Hall–Kier alpha value is -2.87. The zero-order valence-electron chi connectivity index (χ0n) is 15.2. The van der Waals surface area contributed by atoms with Crippen LogP contribution in [0, 0.1) is 0 Å². The predicted octanol–water partition coefficient (Wildman–Crippen LogP) is 2.81. The maximum atomic E-state index is 12.8. The molecule has 0 heterocycles. The molecule has 0 unspecified atom stereocenters. The number of hydrogen-bond donors (Lipinski definition) is 2. The van der Waals surface area contributed by atoms with Crippen LogP contribution in [-0.4, -0.2) is 43.1 Å². The quantitative estimate of drug-likeness (QED) is 0.721. The number of amides is 1. The summed E-state index contributed by atoms with van der Waals surface area (Å²) in [5.74, 6) is -1.38. The number of carbonyl (C=O) groups excluding carboxylic acids is 1. The molecule has 0 aliphatic carbocycles. The first-order valence-electron chi connectivity index (χ1n) is 8.40. The van der Waals surface area contributed by atoms with Gasteiger partial charge in [-0.25, -0.2) is 13.2 Å². The van der Waals surface area contributed by atoms with E-state index in [0.717, 1.165) is 5.56 Å². The second kappa shape index (κ2) is 8.68. The van der Waals surface area contributed by atoms with Crippen LogP contribution in [0.3, 0.4) is 0 Å². The Labute approximate surface area is 158 Å². The Bertz CT molecular complexity index is 923. The molecule has 144 valence electrons. The number of aromatic carboxylic acids is 1. The number of nitrogens with one attached hydrogen (secondary N) is 1. The van der Waals surface area contributed by atoms with Gasteiger partial charge >= 0.3 is 5.97 Å². The number of para-hydroxylation sites is 1. The summed E-state index contributed by atoms with van der Waals surface area (Å²) in [4.78, 5) is 25.1. The third kappa shape index (κ3) is 5.55. The van der Waals surface area contributed by atoms with Gasteiger partial charge in [0.05, 0.1) is 22.6 Å². The van der Waals surface area contributed by atoms with E-state index in [0.29, 0.717) is 6.42 Å². The number of hydrogen-bond acceptors (Lipinski definition) is 4. The van der Waals surface area contributed by atoms with E-state index in [1.807, 2.05) is 0 Å². The number of nitrogens with zero attached hydrogens (tertiary/aromatic N) is 1. The summed E-state index contributed by atoms with van der Waals surface area (Å²) in [6, 6.07) is 12.7. The van der Waals surface area contributed by atoms with Crippen LogP contribution >= 0.6 is 0 Å². The minimum Gasteiger partial charge on any atom is -0.478 e. The molecule has 0 radical (unpaired) electrons. The predicted molar refractivity (Wildman–Crippen MR) is 103 cm³/mol. The third-order valence-corrected chi connectivity index (χ3v) is 5.34. The molecule has 2 rings (SSSR count). The minimum atomic E-state index is -3.51. The largest absolute Gasteiger partial charge is 0.478 e. The van der Waals surface area contributed by atoms with E-state index in [9.17, 15) is 18.0 Å². The van der Waals surface area contributed by atoms with Gasteiger partial charge in [-0.1, -0.05) is 31.2 Å². The number of benzene rings is 2.